The van der Waals surface area contributed by atoms with Crippen LogP contribution in [0, 0.1) is 17.0 Å². The van der Waals surface area contributed by atoms with Crippen molar-refractivity contribution >= 4 is 23.3 Å². The second-order valence-electron chi connectivity index (χ2n) is 3.54. The molecule has 1 unspecified atom stereocenters. The zero-order chi connectivity index (χ0) is 12.1. The monoisotopic (exact) mass is 241 g/mol. The molecule has 1 N–H and O–H groups in total. The second kappa shape index (κ2) is 5.69. The lowest BCUT2D eigenvalue weighted by Crippen LogP contribution is -2.14. The van der Waals surface area contributed by atoms with E-state index < -0.39 is 4.92 Å². The number of nitrogens with zero attached hydrogens (tertiary/aromatic N) is 2. The molecule has 0 saturated carbocycles. The summed E-state index contributed by atoms with van der Waals surface area (Å²) < 4.78 is 0. The molecule has 88 valence electrons. The number of pyridine rings is 1. The van der Waals surface area contributed by atoms with E-state index in [1.54, 1.807) is 11.8 Å². The highest BCUT2D eigenvalue weighted by Gasteiger charge is 2.09. The Morgan fingerprint density at radius 1 is 1.69 bits per heavy atom. The Morgan fingerprint density at radius 3 is 2.88 bits per heavy atom. The van der Waals surface area contributed by atoms with Crippen molar-refractivity contribution < 1.29 is 4.92 Å². The number of aromatic nitrogens is 1. The fourth-order valence-electron chi connectivity index (χ4n) is 1.17. The van der Waals surface area contributed by atoms with E-state index in [9.17, 15) is 10.1 Å². The number of anilines is 1. The number of rotatable bonds is 5. The number of nitro groups is 1. The van der Waals surface area contributed by atoms with E-state index in [0.717, 1.165) is 12.1 Å². The van der Waals surface area contributed by atoms with E-state index >= 15 is 0 Å². The van der Waals surface area contributed by atoms with Crippen LogP contribution < -0.4 is 5.32 Å². The highest BCUT2D eigenvalue weighted by atomic mass is 32.2. The first-order valence-corrected chi connectivity index (χ1v) is 6.21. The molecule has 1 aromatic heterocycles. The normalized spacial score (nSPS) is 12.2. The van der Waals surface area contributed by atoms with Crippen LogP contribution >= 0.6 is 11.8 Å². The Labute approximate surface area is 98.8 Å². The molecule has 0 bridgehead atoms. The molecule has 0 aliphatic heterocycles. The molecule has 16 heavy (non-hydrogen) atoms. The molecule has 1 atom stereocenters. The van der Waals surface area contributed by atoms with Crippen molar-refractivity contribution in [3.63, 3.8) is 0 Å². The van der Waals surface area contributed by atoms with Crippen molar-refractivity contribution in [1.29, 1.82) is 0 Å². The summed E-state index contributed by atoms with van der Waals surface area (Å²) in [6.07, 6.45) is 3.32. The van der Waals surface area contributed by atoms with E-state index in [2.05, 4.69) is 17.2 Å². The molecule has 6 heteroatoms. The summed E-state index contributed by atoms with van der Waals surface area (Å²) in [5.41, 5.74) is 0.823. The predicted octanol–water partition coefficient (Wildman–Crippen LogP) is 2.46. The molecule has 0 amide bonds. The Balaban J connectivity index is 2.72. The first-order valence-electron chi connectivity index (χ1n) is 4.92. The molecule has 5 nitrogen and oxygen atoms in total. The van der Waals surface area contributed by atoms with Gasteiger partial charge in [-0.2, -0.15) is 11.8 Å². The minimum absolute atomic E-state index is 0.0287. The second-order valence-corrected chi connectivity index (χ2v) is 4.82. The van der Waals surface area contributed by atoms with Crippen molar-refractivity contribution in [3.05, 3.63) is 27.9 Å². The van der Waals surface area contributed by atoms with E-state index in [1.807, 2.05) is 13.2 Å². The third-order valence-electron chi connectivity index (χ3n) is 2.23. The summed E-state index contributed by atoms with van der Waals surface area (Å²) in [5.74, 6) is 0.714. The van der Waals surface area contributed by atoms with Gasteiger partial charge in [0.15, 0.2) is 0 Å². The Kier molecular flexibility index (Phi) is 4.54. The van der Waals surface area contributed by atoms with Gasteiger partial charge in [0.2, 0.25) is 0 Å². The van der Waals surface area contributed by atoms with E-state index in [-0.39, 0.29) is 5.69 Å². The fourth-order valence-corrected chi connectivity index (χ4v) is 1.42. The first-order chi connectivity index (χ1) is 7.54. The summed E-state index contributed by atoms with van der Waals surface area (Å²) in [7, 11) is 0. The van der Waals surface area contributed by atoms with Crippen LogP contribution in [0.25, 0.3) is 0 Å². The Hall–Kier alpha value is -1.30. The SMILES string of the molecule is CSC(C)CNc1ncc([N+](=O)[O-])cc1C. The minimum atomic E-state index is -0.436. The molecule has 0 spiro atoms. The average molecular weight is 241 g/mol. The van der Waals surface area contributed by atoms with E-state index in [4.69, 9.17) is 0 Å². The number of hydrogen-bond donors (Lipinski definition) is 1. The zero-order valence-corrected chi connectivity index (χ0v) is 10.4. The van der Waals surface area contributed by atoms with Gasteiger partial charge in [-0.1, -0.05) is 6.92 Å². The fraction of sp³-hybridized carbons (Fsp3) is 0.500. The third kappa shape index (κ3) is 3.37. The highest BCUT2D eigenvalue weighted by molar-refractivity contribution is 7.99. The summed E-state index contributed by atoms with van der Waals surface area (Å²) in [6.45, 7) is 4.72. The predicted molar refractivity (Wildman–Crippen MR) is 67.1 cm³/mol. The van der Waals surface area contributed by atoms with Gasteiger partial charge in [-0.3, -0.25) is 10.1 Å². The first kappa shape index (κ1) is 12.8. The van der Waals surface area contributed by atoms with Crippen molar-refractivity contribution in [1.82, 2.24) is 4.98 Å². The van der Waals surface area contributed by atoms with Crippen molar-refractivity contribution in [3.8, 4) is 0 Å². The maximum Gasteiger partial charge on any atom is 0.287 e. The quantitative estimate of drug-likeness (QED) is 0.633. The van der Waals surface area contributed by atoms with Crippen LogP contribution in [-0.4, -0.2) is 28.0 Å². The highest BCUT2D eigenvalue weighted by Crippen LogP contribution is 2.18. The van der Waals surface area contributed by atoms with E-state index in [0.29, 0.717) is 11.1 Å². The van der Waals surface area contributed by atoms with Crippen molar-refractivity contribution in [2.24, 2.45) is 0 Å². The molecule has 0 saturated heterocycles. The molecule has 1 aromatic rings. The van der Waals surface area contributed by atoms with Crippen LogP contribution in [0.2, 0.25) is 0 Å². The summed E-state index contributed by atoms with van der Waals surface area (Å²) in [6, 6.07) is 1.53. The van der Waals surface area contributed by atoms with Gasteiger partial charge in [0.25, 0.3) is 5.69 Å². The molecule has 1 rings (SSSR count). The van der Waals surface area contributed by atoms with Gasteiger partial charge >= 0.3 is 0 Å². The number of hydrogen-bond acceptors (Lipinski definition) is 5. The van der Waals surface area contributed by atoms with E-state index in [1.165, 1.54) is 12.3 Å². The molecule has 0 radical (unpaired) electrons. The molecule has 0 aromatic carbocycles. The molecule has 0 aliphatic carbocycles. The Morgan fingerprint density at radius 2 is 2.38 bits per heavy atom. The maximum absolute atomic E-state index is 10.5. The summed E-state index contributed by atoms with van der Waals surface area (Å²) in [5, 5.41) is 14.2. The van der Waals surface area contributed by atoms with Crippen LogP contribution in [0.5, 0.6) is 0 Å². The Bertz CT molecular complexity index is 384. The summed E-state index contributed by atoms with van der Waals surface area (Å²) in [4.78, 5) is 14.1. The van der Waals surface area contributed by atoms with Crippen LogP contribution in [0.3, 0.4) is 0 Å². The minimum Gasteiger partial charge on any atom is -0.369 e. The zero-order valence-electron chi connectivity index (χ0n) is 9.56. The van der Waals surface area contributed by atoms with Gasteiger partial charge in [0.1, 0.15) is 12.0 Å². The topological polar surface area (TPSA) is 68.1 Å². The van der Waals surface area contributed by atoms with Gasteiger partial charge in [-0.05, 0) is 18.7 Å². The molecule has 1 heterocycles. The van der Waals surface area contributed by atoms with Crippen LogP contribution in [0.15, 0.2) is 12.3 Å². The van der Waals surface area contributed by atoms with Gasteiger partial charge in [0.05, 0.1) is 4.92 Å². The van der Waals surface area contributed by atoms with Crippen molar-refractivity contribution in [2.45, 2.75) is 19.1 Å². The number of aryl methyl sites for hydroxylation is 1. The molecular formula is C10H15N3O2S. The smallest absolute Gasteiger partial charge is 0.287 e. The largest absolute Gasteiger partial charge is 0.369 e. The van der Waals surface area contributed by atoms with Crippen LogP contribution in [0.1, 0.15) is 12.5 Å². The lowest BCUT2D eigenvalue weighted by Gasteiger charge is -2.11. The van der Waals surface area contributed by atoms with Crippen LogP contribution in [0.4, 0.5) is 11.5 Å². The van der Waals surface area contributed by atoms with Crippen molar-refractivity contribution in [2.75, 3.05) is 18.1 Å². The number of thioether (sulfide) groups is 1. The number of nitrogens with one attached hydrogen (secondary N) is 1. The molecular weight excluding hydrogens is 226 g/mol. The molecule has 0 fully saturated rings. The lowest BCUT2D eigenvalue weighted by molar-refractivity contribution is -0.385. The average Bonchev–Trinajstić information content (AvgIpc) is 2.26. The standard InChI is InChI=1S/C10H15N3O2S/c1-7-4-9(13(14)15)6-12-10(7)11-5-8(2)16-3/h4,6,8H,5H2,1-3H3,(H,11,12). The molecule has 0 aliphatic rings. The maximum atomic E-state index is 10.5. The van der Waals surface area contributed by atoms with Gasteiger partial charge in [0, 0.05) is 17.9 Å². The summed E-state index contributed by atoms with van der Waals surface area (Å²) >= 11 is 1.76. The van der Waals surface area contributed by atoms with Crippen LogP contribution in [-0.2, 0) is 0 Å². The lowest BCUT2D eigenvalue weighted by atomic mass is 10.2. The third-order valence-corrected chi connectivity index (χ3v) is 3.21. The van der Waals surface area contributed by atoms with Gasteiger partial charge in [-0.25, -0.2) is 4.98 Å². The van der Waals surface area contributed by atoms with Gasteiger partial charge in [-0.15, -0.1) is 0 Å². The van der Waals surface area contributed by atoms with Gasteiger partial charge < -0.3 is 5.32 Å².